The highest BCUT2D eigenvalue weighted by Gasteiger charge is 2.33. The molecule has 0 spiro atoms. The topological polar surface area (TPSA) is 113 Å². The maximum Gasteiger partial charge on any atom is 0.414 e. The number of carboxylic acid groups (broad SMARTS) is 1. The van der Waals surface area contributed by atoms with Crippen molar-refractivity contribution in [3.8, 4) is 0 Å². The number of hydrogen-bond acceptors (Lipinski definition) is 5. The van der Waals surface area contributed by atoms with Crippen LogP contribution in [0.4, 0.5) is 19.7 Å². The number of carbonyl (C=O) groups excluding carboxylic acids is 1. The Hall–Kier alpha value is -2.36. The number of sulfone groups is 1. The predicted octanol–water partition coefficient (Wildman–Crippen LogP) is 1.71. The molecule has 2 N–H and O–H groups in total. The molecule has 2 saturated heterocycles. The van der Waals surface area contributed by atoms with Gasteiger partial charge in [0.1, 0.15) is 21.8 Å². The molecule has 0 aliphatic carbocycles. The average molecular weight is 386 g/mol. The lowest BCUT2D eigenvalue weighted by Gasteiger charge is -2.23. The first-order valence-electron chi connectivity index (χ1n) is 8.20. The van der Waals surface area contributed by atoms with Crippen molar-refractivity contribution in [2.75, 3.05) is 29.5 Å². The Kier molecular flexibility index (Phi) is 5.03. The number of benzene rings is 1. The normalized spacial score (nSPS) is 22.9. The van der Waals surface area contributed by atoms with E-state index in [2.05, 4.69) is 5.32 Å². The van der Waals surface area contributed by atoms with Crippen LogP contribution >= 0.6 is 0 Å². The number of carbonyl (C=O) groups is 2. The molecule has 2 aliphatic heterocycles. The number of amides is 2. The number of rotatable bonds is 4. The Labute approximate surface area is 149 Å². The third-order valence-corrected chi connectivity index (χ3v) is 6.36. The summed E-state index contributed by atoms with van der Waals surface area (Å²) in [5.41, 5.74) is 0.762. The van der Waals surface area contributed by atoms with Gasteiger partial charge in [0.05, 0.1) is 30.3 Å². The molecule has 10 heteroatoms. The van der Waals surface area contributed by atoms with Gasteiger partial charge in [-0.05, 0) is 36.5 Å². The van der Waals surface area contributed by atoms with E-state index in [1.54, 1.807) is 12.1 Å². The van der Waals surface area contributed by atoms with Crippen LogP contribution in [0.15, 0.2) is 18.2 Å². The van der Waals surface area contributed by atoms with E-state index in [-0.39, 0.29) is 30.5 Å². The van der Waals surface area contributed by atoms with Crippen LogP contribution in [0.1, 0.15) is 24.3 Å². The summed E-state index contributed by atoms with van der Waals surface area (Å²) >= 11 is 0. The van der Waals surface area contributed by atoms with Crippen LogP contribution in [0.3, 0.4) is 0 Å². The number of cyclic esters (lactones) is 1. The number of hydrogen-bond donors (Lipinski definition) is 2. The molecule has 1 aromatic rings. The number of anilines is 1. The predicted molar refractivity (Wildman–Crippen MR) is 90.7 cm³/mol. The summed E-state index contributed by atoms with van der Waals surface area (Å²) in [6, 6.07) is 4.39. The third-order valence-electron chi connectivity index (χ3n) is 4.65. The molecule has 0 unspecified atom stereocenters. The summed E-state index contributed by atoms with van der Waals surface area (Å²) < 4.78 is 42.6. The van der Waals surface area contributed by atoms with Gasteiger partial charge in [-0.1, -0.05) is 6.07 Å². The molecule has 2 aliphatic rings. The minimum absolute atomic E-state index is 0.0469. The van der Waals surface area contributed by atoms with Crippen LogP contribution in [0.5, 0.6) is 0 Å². The fourth-order valence-corrected chi connectivity index (χ4v) is 4.75. The molecular formula is C16H19FN2O6S. The minimum Gasteiger partial charge on any atom is -0.465 e. The summed E-state index contributed by atoms with van der Waals surface area (Å²) in [5, 5.41) is 10.7. The zero-order valence-electron chi connectivity index (χ0n) is 13.9. The molecule has 1 aromatic carbocycles. The maximum atomic E-state index is 14.5. The molecule has 1 atom stereocenters. The van der Waals surface area contributed by atoms with E-state index in [1.807, 2.05) is 0 Å². The Morgan fingerprint density at radius 2 is 2.04 bits per heavy atom. The van der Waals surface area contributed by atoms with Gasteiger partial charge in [0.2, 0.25) is 0 Å². The van der Waals surface area contributed by atoms with Crippen molar-refractivity contribution in [2.45, 2.75) is 24.9 Å². The summed E-state index contributed by atoms with van der Waals surface area (Å²) in [4.78, 5) is 23.7. The van der Waals surface area contributed by atoms with Crippen molar-refractivity contribution in [1.29, 1.82) is 0 Å². The van der Waals surface area contributed by atoms with E-state index in [1.165, 1.54) is 11.0 Å². The van der Waals surface area contributed by atoms with Crippen molar-refractivity contribution in [3.63, 3.8) is 0 Å². The molecule has 3 rings (SSSR count). The molecule has 0 bridgehead atoms. The fraction of sp³-hybridized carbons (Fsp3) is 0.500. The minimum atomic E-state index is -3.02. The molecule has 0 radical (unpaired) electrons. The van der Waals surface area contributed by atoms with E-state index in [4.69, 9.17) is 9.84 Å². The van der Waals surface area contributed by atoms with Gasteiger partial charge in [0.25, 0.3) is 0 Å². The Morgan fingerprint density at radius 3 is 2.65 bits per heavy atom. The number of ether oxygens (including phenoxy) is 1. The lowest BCUT2D eigenvalue weighted by Crippen LogP contribution is -2.33. The van der Waals surface area contributed by atoms with Crippen molar-refractivity contribution in [1.82, 2.24) is 5.32 Å². The second-order valence-corrected chi connectivity index (χ2v) is 8.74. The smallest absolute Gasteiger partial charge is 0.414 e. The fourth-order valence-electron chi connectivity index (χ4n) is 3.26. The first-order chi connectivity index (χ1) is 12.2. The highest BCUT2D eigenvalue weighted by Crippen LogP contribution is 2.33. The van der Waals surface area contributed by atoms with Gasteiger partial charge in [0.15, 0.2) is 0 Å². The second kappa shape index (κ2) is 7.10. The first kappa shape index (κ1) is 18.4. The van der Waals surface area contributed by atoms with Crippen LogP contribution < -0.4 is 10.2 Å². The molecule has 0 saturated carbocycles. The van der Waals surface area contributed by atoms with E-state index >= 15 is 0 Å². The SMILES string of the molecule is O=C(O)NC[C@H]1CN(c2ccc(C3CCS(=O)(=O)CC3)c(F)c2)C(=O)O1. The van der Waals surface area contributed by atoms with Crippen molar-refractivity contribution in [3.05, 3.63) is 29.6 Å². The van der Waals surface area contributed by atoms with Gasteiger partial charge in [-0.25, -0.2) is 22.4 Å². The Morgan fingerprint density at radius 1 is 1.35 bits per heavy atom. The van der Waals surface area contributed by atoms with Crippen molar-refractivity contribution in [2.24, 2.45) is 0 Å². The highest BCUT2D eigenvalue weighted by molar-refractivity contribution is 7.91. The second-order valence-electron chi connectivity index (χ2n) is 6.43. The van der Waals surface area contributed by atoms with Crippen LogP contribution in [0, 0.1) is 5.82 Å². The van der Waals surface area contributed by atoms with Gasteiger partial charge in [0, 0.05) is 0 Å². The quantitative estimate of drug-likeness (QED) is 0.815. The van der Waals surface area contributed by atoms with Crippen LogP contribution in [0.25, 0.3) is 0 Å². The van der Waals surface area contributed by atoms with Gasteiger partial charge in [-0.2, -0.15) is 0 Å². The maximum absolute atomic E-state index is 14.5. The highest BCUT2D eigenvalue weighted by atomic mass is 32.2. The van der Waals surface area contributed by atoms with Crippen molar-refractivity contribution >= 4 is 27.7 Å². The number of nitrogens with zero attached hydrogens (tertiary/aromatic N) is 1. The van der Waals surface area contributed by atoms with Gasteiger partial charge in [-0.3, -0.25) is 4.90 Å². The van der Waals surface area contributed by atoms with Crippen LogP contribution in [-0.2, 0) is 14.6 Å². The lowest BCUT2D eigenvalue weighted by molar-refractivity contribution is 0.136. The molecule has 0 aromatic heterocycles. The molecular weight excluding hydrogens is 367 g/mol. The Balaban J connectivity index is 1.69. The molecule has 8 nitrogen and oxygen atoms in total. The molecule has 26 heavy (non-hydrogen) atoms. The largest absolute Gasteiger partial charge is 0.465 e. The Bertz CT molecular complexity index is 814. The summed E-state index contributed by atoms with van der Waals surface area (Å²) in [7, 11) is -3.02. The van der Waals surface area contributed by atoms with Crippen LogP contribution in [-0.4, -0.2) is 56.4 Å². The van der Waals surface area contributed by atoms with E-state index in [9.17, 15) is 22.4 Å². The van der Waals surface area contributed by atoms with Gasteiger partial charge in [-0.15, -0.1) is 0 Å². The number of nitrogens with one attached hydrogen (secondary N) is 1. The first-order valence-corrected chi connectivity index (χ1v) is 10.0. The zero-order chi connectivity index (χ0) is 18.9. The zero-order valence-corrected chi connectivity index (χ0v) is 14.7. The van der Waals surface area contributed by atoms with E-state index in [0.29, 0.717) is 24.1 Å². The van der Waals surface area contributed by atoms with Crippen molar-refractivity contribution < 1.29 is 32.2 Å². The third kappa shape index (κ3) is 4.06. The molecule has 2 heterocycles. The monoisotopic (exact) mass is 386 g/mol. The number of halogens is 1. The van der Waals surface area contributed by atoms with Gasteiger partial charge < -0.3 is 15.2 Å². The lowest BCUT2D eigenvalue weighted by atomic mass is 9.93. The van der Waals surface area contributed by atoms with E-state index < -0.39 is 33.9 Å². The molecule has 142 valence electrons. The summed E-state index contributed by atoms with van der Waals surface area (Å²) in [6.45, 7) is 0.0637. The summed E-state index contributed by atoms with van der Waals surface area (Å²) in [5.74, 6) is -0.553. The average Bonchev–Trinajstić information content (AvgIpc) is 2.94. The van der Waals surface area contributed by atoms with Crippen LogP contribution in [0.2, 0.25) is 0 Å². The van der Waals surface area contributed by atoms with Gasteiger partial charge >= 0.3 is 12.2 Å². The summed E-state index contributed by atoms with van der Waals surface area (Å²) in [6.07, 6.45) is -1.77. The molecule has 2 amide bonds. The standard InChI is InChI=1S/C16H19FN2O6S/c17-14-7-11(19-9-12(25-16(19)22)8-18-15(20)21)1-2-13(14)10-3-5-26(23,24)6-4-10/h1-2,7,10,12,18H,3-6,8-9H2,(H,20,21)/t12-/m0/s1. The van der Waals surface area contributed by atoms with E-state index in [0.717, 1.165) is 0 Å². The molecule has 2 fully saturated rings.